The standard InChI is InChI=1S/C15H35N3/c1-7-11-16-12-9-10-14(3)18(8-2)15(4)13-17(5)6/h14-16H,7-13H2,1-6H3. The zero-order valence-corrected chi connectivity index (χ0v) is 13.5. The Morgan fingerprint density at radius 3 is 2.17 bits per heavy atom. The topological polar surface area (TPSA) is 18.5 Å². The molecule has 0 saturated heterocycles. The molecule has 0 aromatic rings. The largest absolute Gasteiger partial charge is 0.317 e. The van der Waals surface area contributed by atoms with Crippen LogP contribution in [0.25, 0.3) is 0 Å². The fourth-order valence-electron chi connectivity index (χ4n) is 2.68. The smallest absolute Gasteiger partial charge is 0.0197 e. The molecule has 18 heavy (non-hydrogen) atoms. The first-order valence-corrected chi connectivity index (χ1v) is 7.64. The summed E-state index contributed by atoms with van der Waals surface area (Å²) in [6, 6.07) is 1.33. The lowest BCUT2D eigenvalue weighted by Crippen LogP contribution is -2.45. The molecule has 0 radical (unpaired) electrons. The molecule has 3 heteroatoms. The third kappa shape index (κ3) is 8.06. The lowest BCUT2D eigenvalue weighted by molar-refractivity contribution is 0.129. The normalized spacial score (nSPS) is 15.3. The zero-order valence-electron chi connectivity index (χ0n) is 13.5. The summed E-state index contributed by atoms with van der Waals surface area (Å²) in [7, 11) is 4.31. The van der Waals surface area contributed by atoms with Crippen LogP contribution in [0.5, 0.6) is 0 Å². The maximum absolute atomic E-state index is 3.48. The van der Waals surface area contributed by atoms with Crippen molar-refractivity contribution in [2.24, 2.45) is 0 Å². The van der Waals surface area contributed by atoms with Crippen molar-refractivity contribution in [1.82, 2.24) is 15.1 Å². The van der Waals surface area contributed by atoms with Crippen LogP contribution in [0.2, 0.25) is 0 Å². The Bertz CT molecular complexity index is 183. The average Bonchev–Trinajstić information content (AvgIpc) is 2.28. The van der Waals surface area contributed by atoms with Gasteiger partial charge in [-0.25, -0.2) is 0 Å². The lowest BCUT2D eigenvalue weighted by atomic mass is 10.1. The molecule has 0 rings (SSSR count). The van der Waals surface area contributed by atoms with Gasteiger partial charge < -0.3 is 10.2 Å². The van der Waals surface area contributed by atoms with Gasteiger partial charge in [-0.1, -0.05) is 13.8 Å². The van der Waals surface area contributed by atoms with Crippen LogP contribution in [0, 0.1) is 0 Å². The monoisotopic (exact) mass is 257 g/mol. The second-order valence-electron chi connectivity index (χ2n) is 5.68. The predicted molar refractivity (Wildman–Crippen MR) is 82.3 cm³/mol. The van der Waals surface area contributed by atoms with Crippen LogP contribution in [0.1, 0.15) is 47.0 Å². The van der Waals surface area contributed by atoms with Crippen molar-refractivity contribution in [3.8, 4) is 0 Å². The highest BCUT2D eigenvalue weighted by Gasteiger charge is 2.18. The molecule has 0 aliphatic heterocycles. The van der Waals surface area contributed by atoms with E-state index in [4.69, 9.17) is 0 Å². The van der Waals surface area contributed by atoms with Crippen molar-refractivity contribution in [2.75, 3.05) is 40.3 Å². The van der Waals surface area contributed by atoms with Crippen molar-refractivity contribution in [2.45, 2.75) is 59.0 Å². The number of nitrogens with one attached hydrogen (secondary N) is 1. The van der Waals surface area contributed by atoms with E-state index in [1.165, 1.54) is 19.3 Å². The Morgan fingerprint density at radius 2 is 1.67 bits per heavy atom. The maximum Gasteiger partial charge on any atom is 0.0197 e. The van der Waals surface area contributed by atoms with E-state index in [9.17, 15) is 0 Å². The highest BCUT2D eigenvalue weighted by atomic mass is 15.2. The zero-order chi connectivity index (χ0) is 14.0. The first-order valence-electron chi connectivity index (χ1n) is 7.64. The van der Waals surface area contributed by atoms with Crippen LogP contribution in [-0.2, 0) is 0 Å². The summed E-state index contributed by atoms with van der Waals surface area (Å²) in [5, 5.41) is 3.48. The maximum atomic E-state index is 3.48. The molecule has 2 unspecified atom stereocenters. The Labute approximate surface area is 115 Å². The molecule has 0 heterocycles. The number of hydrogen-bond donors (Lipinski definition) is 1. The predicted octanol–water partition coefficient (Wildman–Crippen LogP) is 2.43. The van der Waals surface area contributed by atoms with Crippen molar-refractivity contribution in [3.05, 3.63) is 0 Å². The van der Waals surface area contributed by atoms with Gasteiger partial charge in [0, 0.05) is 18.6 Å². The minimum Gasteiger partial charge on any atom is -0.317 e. The first-order chi connectivity index (χ1) is 8.52. The summed E-state index contributed by atoms with van der Waals surface area (Å²) in [6.07, 6.45) is 3.81. The lowest BCUT2D eigenvalue weighted by Gasteiger charge is -2.35. The molecular weight excluding hydrogens is 222 g/mol. The highest BCUT2D eigenvalue weighted by Crippen LogP contribution is 2.11. The summed E-state index contributed by atoms with van der Waals surface area (Å²) < 4.78 is 0. The second kappa shape index (κ2) is 10.8. The van der Waals surface area contributed by atoms with Gasteiger partial charge in [0.1, 0.15) is 0 Å². The van der Waals surface area contributed by atoms with E-state index in [0.717, 1.165) is 26.2 Å². The number of likely N-dealkylation sites (N-methyl/N-ethyl adjacent to an activating group) is 2. The van der Waals surface area contributed by atoms with Crippen LogP contribution in [0.15, 0.2) is 0 Å². The Kier molecular flexibility index (Phi) is 10.7. The molecule has 0 spiro atoms. The molecule has 1 N–H and O–H groups in total. The van der Waals surface area contributed by atoms with Gasteiger partial charge in [0.05, 0.1) is 0 Å². The summed E-state index contributed by atoms with van der Waals surface area (Å²) in [6.45, 7) is 13.8. The first kappa shape index (κ1) is 17.9. The number of rotatable bonds is 11. The van der Waals surface area contributed by atoms with Gasteiger partial charge in [-0.05, 0) is 66.8 Å². The molecule has 110 valence electrons. The Morgan fingerprint density at radius 1 is 1.00 bits per heavy atom. The van der Waals surface area contributed by atoms with Gasteiger partial charge >= 0.3 is 0 Å². The Hall–Kier alpha value is -0.120. The van der Waals surface area contributed by atoms with Crippen molar-refractivity contribution in [1.29, 1.82) is 0 Å². The fourth-order valence-corrected chi connectivity index (χ4v) is 2.68. The SMILES string of the molecule is CCCNCCCC(C)N(CC)C(C)CN(C)C. The van der Waals surface area contributed by atoms with Crippen LogP contribution < -0.4 is 5.32 Å². The van der Waals surface area contributed by atoms with Crippen LogP contribution >= 0.6 is 0 Å². The highest BCUT2D eigenvalue weighted by molar-refractivity contribution is 4.74. The molecular formula is C15H35N3. The van der Waals surface area contributed by atoms with Crippen LogP contribution in [-0.4, -0.2) is 62.2 Å². The molecule has 0 amide bonds. The van der Waals surface area contributed by atoms with E-state index >= 15 is 0 Å². The molecule has 0 aliphatic carbocycles. The van der Waals surface area contributed by atoms with E-state index in [-0.39, 0.29) is 0 Å². The van der Waals surface area contributed by atoms with Crippen molar-refractivity contribution < 1.29 is 0 Å². The summed E-state index contributed by atoms with van der Waals surface area (Å²) in [4.78, 5) is 4.91. The summed E-state index contributed by atoms with van der Waals surface area (Å²) in [5.74, 6) is 0. The minimum absolute atomic E-state index is 0.642. The van der Waals surface area contributed by atoms with Gasteiger partial charge in [-0.2, -0.15) is 0 Å². The molecule has 0 bridgehead atoms. The third-order valence-corrected chi connectivity index (χ3v) is 3.53. The van der Waals surface area contributed by atoms with Gasteiger partial charge in [-0.15, -0.1) is 0 Å². The van der Waals surface area contributed by atoms with Crippen molar-refractivity contribution in [3.63, 3.8) is 0 Å². The van der Waals surface area contributed by atoms with E-state index in [1.807, 2.05) is 0 Å². The number of hydrogen-bond acceptors (Lipinski definition) is 3. The van der Waals surface area contributed by atoms with E-state index in [1.54, 1.807) is 0 Å². The third-order valence-electron chi connectivity index (χ3n) is 3.53. The summed E-state index contributed by atoms with van der Waals surface area (Å²) >= 11 is 0. The molecule has 0 fully saturated rings. The van der Waals surface area contributed by atoms with Crippen LogP contribution in [0.3, 0.4) is 0 Å². The molecule has 0 aliphatic rings. The molecule has 3 nitrogen and oxygen atoms in total. The molecule has 0 aromatic carbocycles. The van der Waals surface area contributed by atoms with E-state index in [2.05, 4.69) is 56.9 Å². The Balaban J connectivity index is 3.90. The van der Waals surface area contributed by atoms with Gasteiger partial charge in [0.2, 0.25) is 0 Å². The number of nitrogens with zero attached hydrogens (tertiary/aromatic N) is 2. The quantitative estimate of drug-likeness (QED) is 0.574. The van der Waals surface area contributed by atoms with Gasteiger partial charge in [0.15, 0.2) is 0 Å². The van der Waals surface area contributed by atoms with E-state index in [0.29, 0.717) is 12.1 Å². The average molecular weight is 257 g/mol. The fraction of sp³-hybridized carbons (Fsp3) is 1.00. The van der Waals surface area contributed by atoms with E-state index < -0.39 is 0 Å². The second-order valence-corrected chi connectivity index (χ2v) is 5.68. The molecule has 0 aromatic heterocycles. The van der Waals surface area contributed by atoms with Crippen LogP contribution in [0.4, 0.5) is 0 Å². The summed E-state index contributed by atoms with van der Waals surface area (Å²) in [5.41, 5.74) is 0. The van der Waals surface area contributed by atoms with Crippen molar-refractivity contribution >= 4 is 0 Å². The van der Waals surface area contributed by atoms with Gasteiger partial charge in [-0.3, -0.25) is 4.90 Å². The van der Waals surface area contributed by atoms with Gasteiger partial charge in [0.25, 0.3) is 0 Å². The molecule has 2 atom stereocenters. The minimum atomic E-state index is 0.642. The molecule has 0 saturated carbocycles.